The van der Waals surface area contributed by atoms with Crippen molar-refractivity contribution in [3.8, 4) is 17.5 Å². The molecule has 3 rings (SSSR count). The van der Waals surface area contributed by atoms with Crippen molar-refractivity contribution in [2.24, 2.45) is 0 Å². The Kier molecular flexibility index (Phi) is 6.80. The molecule has 2 aromatic heterocycles. The largest absolute Gasteiger partial charge is 0.494 e. The number of carbonyl (C=O) groups is 1. The van der Waals surface area contributed by atoms with Gasteiger partial charge in [0.25, 0.3) is 16.8 Å². The summed E-state index contributed by atoms with van der Waals surface area (Å²) in [5, 5.41) is 22.5. The third-order valence-corrected chi connectivity index (χ3v) is 6.30. The molecule has 176 valence electrons. The quantitative estimate of drug-likeness (QED) is 0.221. The van der Waals surface area contributed by atoms with E-state index in [4.69, 9.17) is 4.74 Å². The first-order chi connectivity index (χ1) is 16.0. The zero-order valence-electron chi connectivity index (χ0n) is 18.4. The number of nitro groups is 1. The smallest absolute Gasteiger partial charge is 0.273 e. The summed E-state index contributed by atoms with van der Waals surface area (Å²) in [7, 11) is -2.23. The van der Waals surface area contributed by atoms with Gasteiger partial charge >= 0.3 is 0 Å². The molecule has 14 heteroatoms. The summed E-state index contributed by atoms with van der Waals surface area (Å²) in [6, 6.07) is 7.79. The van der Waals surface area contributed by atoms with Gasteiger partial charge in [-0.3, -0.25) is 20.2 Å². The molecule has 0 aliphatic rings. The third kappa shape index (κ3) is 4.95. The second kappa shape index (κ2) is 9.41. The Labute approximate surface area is 198 Å². The Morgan fingerprint density at radius 3 is 2.62 bits per heavy atom. The standard InChI is InChI=1S/C20H18N6O6S2/c1-11-7-13(12(2)25(11)16-6-5-15(26(28)29)9-17(16)32-3)8-14(10-21)18(27)22-19-23-20(24-33-19)34(4,30)31/h5-9H,1-4H3,(H,22,23,24,27). The Balaban J connectivity index is 1.96. The summed E-state index contributed by atoms with van der Waals surface area (Å²) < 4.78 is 33.8. The number of nitro benzene ring substituents is 1. The maximum absolute atomic E-state index is 12.6. The zero-order chi connectivity index (χ0) is 25.2. The summed E-state index contributed by atoms with van der Waals surface area (Å²) in [5.41, 5.74) is 2.12. The monoisotopic (exact) mass is 502 g/mol. The molecule has 3 aromatic rings. The van der Waals surface area contributed by atoms with Crippen LogP contribution in [0.1, 0.15) is 17.0 Å². The van der Waals surface area contributed by atoms with Crippen LogP contribution in [-0.4, -0.2) is 46.5 Å². The van der Waals surface area contributed by atoms with Gasteiger partial charge in [0.15, 0.2) is 0 Å². The first-order valence-corrected chi connectivity index (χ1v) is 12.1. The van der Waals surface area contributed by atoms with Gasteiger partial charge in [0, 0.05) is 35.2 Å². The lowest BCUT2D eigenvalue weighted by Crippen LogP contribution is -2.13. The van der Waals surface area contributed by atoms with Crippen molar-refractivity contribution in [2.45, 2.75) is 19.0 Å². The number of rotatable bonds is 7. The highest BCUT2D eigenvalue weighted by atomic mass is 32.2. The highest BCUT2D eigenvalue weighted by Gasteiger charge is 2.20. The van der Waals surface area contributed by atoms with E-state index in [1.54, 1.807) is 30.5 Å². The first kappa shape index (κ1) is 24.6. The molecule has 0 aliphatic carbocycles. The number of anilines is 1. The van der Waals surface area contributed by atoms with Crippen LogP contribution in [0.25, 0.3) is 11.8 Å². The fourth-order valence-electron chi connectivity index (χ4n) is 3.15. The average molecular weight is 503 g/mol. The highest BCUT2D eigenvalue weighted by Crippen LogP contribution is 2.32. The normalized spacial score (nSPS) is 11.7. The van der Waals surface area contributed by atoms with Crippen molar-refractivity contribution in [2.75, 3.05) is 18.7 Å². The van der Waals surface area contributed by atoms with E-state index in [1.165, 1.54) is 25.3 Å². The number of carbonyl (C=O) groups excluding carboxylic acids is 1. The van der Waals surface area contributed by atoms with Gasteiger partial charge in [-0.1, -0.05) is 0 Å². The minimum absolute atomic E-state index is 0.0623. The molecule has 0 saturated heterocycles. The Hall–Kier alpha value is -4.09. The lowest BCUT2D eigenvalue weighted by molar-refractivity contribution is -0.384. The number of benzene rings is 1. The number of methoxy groups -OCH3 is 1. The summed E-state index contributed by atoms with van der Waals surface area (Å²) in [5.74, 6) is -0.501. The van der Waals surface area contributed by atoms with Crippen LogP contribution >= 0.6 is 11.5 Å². The van der Waals surface area contributed by atoms with Crippen LogP contribution in [0.2, 0.25) is 0 Å². The molecule has 0 atom stereocenters. The van der Waals surface area contributed by atoms with Crippen molar-refractivity contribution in [1.29, 1.82) is 5.26 Å². The molecule has 34 heavy (non-hydrogen) atoms. The number of amides is 1. The Morgan fingerprint density at radius 2 is 2.06 bits per heavy atom. The molecule has 1 N–H and O–H groups in total. The molecule has 0 saturated carbocycles. The molecule has 0 aliphatic heterocycles. The number of non-ortho nitro benzene ring substituents is 1. The van der Waals surface area contributed by atoms with Gasteiger partial charge in [0.1, 0.15) is 17.4 Å². The van der Waals surface area contributed by atoms with Gasteiger partial charge in [-0.2, -0.15) is 14.6 Å². The zero-order valence-corrected chi connectivity index (χ0v) is 20.0. The molecule has 1 amide bonds. The van der Waals surface area contributed by atoms with E-state index in [1.807, 2.05) is 6.07 Å². The van der Waals surface area contributed by atoms with E-state index in [-0.39, 0.29) is 22.1 Å². The van der Waals surface area contributed by atoms with Crippen LogP contribution in [0, 0.1) is 35.3 Å². The number of nitriles is 1. The summed E-state index contributed by atoms with van der Waals surface area (Å²) >= 11 is 0.678. The minimum atomic E-state index is -3.63. The lowest BCUT2D eigenvalue weighted by Gasteiger charge is -2.13. The number of nitrogens with one attached hydrogen (secondary N) is 1. The van der Waals surface area contributed by atoms with Crippen LogP contribution in [0.3, 0.4) is 0 Å². The van der Waals surface area contributed by atoms with Gasteiger partial charge in [0.2, 0.25) is 15.0 Å². The van der Waals surface area contributed by atoms with E-state index >= 15 is 0 Å². The predicted octanol–water partition coefficient (Wildman–Crippen LogP) is 2.81. The second-order valence-corrected chi connectivity index (χ2v) is 9.71. The van der Waals surface area contributed by atoms with Gasteiger partial charge < -0.3 is 9.30 Å². The summed E-state index contributed by atoms with van der Waals surface area (Å²) in [4.78, 5) is 26.9. The van der Waals surface area contributed by atoms with Crippen molar-refractivity contribution in [1.82, 2.24) is 13.9 Å². The summed E-state index contributed by atoms with van der Waals surface area (Å²) in [6.45, 7) is 3.56. The maximum atomic E-state index is 12.6. The molecule has 12 nitrogen and oxygen atoms in total. The van der Waals surface area contributed by atoms with Gasteiger partial charge in [-0.15, -0.1) is 0 Å². The number of hydrogen-bond donors (Lipinski definition) is 1. The molecule has 0 fully saturated rings. The van der Waals surface area contributed by atoms with Gasteiger partial charge in [0.05, 0.1) is 23.8 Å². The van der Waals surface area contributed by atoms with E-state index < -0.39 is 25.8 Å². The fourth-order valence-corrected chi connectivity index (χ4v) is 4.59. The summed E-state index contributed by atoms with van der Waals surface area (Å²) in [6.07, 6.45) is 2.32. The Morgan fingerprint density at radius 1 is 1.35 bits per heavy atom. The molecule has 1 aromatic carbocycles. The molecule has 2 heterocycles. The SMILES string of the molecule is COc1cc([N+](=O)[O-])ccc1-n1c(C)cc(C=C(C#N)C(=O)Nc2nc(S(C)(=O)=O)ns2)c1C. The number of ether oxygens (including phenoxy) is 1. The van der Waals surface area contributed by atoms with E-state index in [2.05, 4.69) is 14.7 Å². The number of hydrogen-bond acceptors (Lipinski definition) is 10. The number of aromatic nitrogens is 3. The van der Waals surface area contributed by atoms with Crippen molar-refractivity contribution < 1.29 is 22.9 Å². The number of sulfone groups is 1. The maximum Gasteiger partial charge on any atom is 0.273 e. The van der Waals surface area contributed by atoms with Crippen LogP contribution in [0.15, 0.2) is 35.0 Å². The van der Waals surface area contributed by atoms with Crippen molar-refractivity contribution in [3.63, 3.8) is 0 Å². The molecular weight excluding hydrogens is 484 g/mol. The van der Waals surface area contributed by atoms with Crippen LogP contribution in [0.4, 0.5) is 10.8 Å². The second-order valence-electron chi connectivity index (χ2n) is 7.05. The average Bonchev–Trinajstić information content (AvgIpc) is 3.35. The molecule has 0 spiro atoms. The van der Waals surface area contributed by atoms with E-state index in [0.717, 1.165) is 11.9 Å². The number of nitrogens with zero attached hydrogens (tertiary/aromatic N) is 5. The Bertz CT molecular complexity index is 1480. The van der Waals surface area contributed by atoms with E-state index in [9.17, 15) is 28.6 Å². The predicted molar refractivity (Wildman–Crippen MR) is 124 cm³/mol. The molecule has 0 unspecified atom stereocenters. The highest BCUT2D eigenvalue weighted by molar-refractivity contribution is 7.90. The fraction of sp³-hybridized carbons (Fsp3) is 0.200. The minimum Gasteiger partial charge on any atom is -0.494 e. The van der Waals surface area contributed by atoms with Crippen LogP contribution in [0.5, 0.6) is 5.75 Å². The van der Waals surface area contributed by atoms with Crippen LogP contribution in [-0.2, 0) is 14.6 Å². The molecule has 0 bridgehead atoms. The van der Waals surface area contributed by atoms with Gasteiger partial charge in [-0.25, -0.2) is 8.42 Å². The van der Waals surface area contributed by atoms with E-state index in [0.29, 0.717) is 28.5 Å². The number of aryl methyl sites for hydroxylation is 1. The lowest BCUT2D eigenvalue weighted by atomic mass is 10.1. The topological polar surface area (TPSA) is 170 Å². The van der Waals surface area contributed by atoms with Crippen molar-refractivity contribution in [3.05, 3.63) is 56.9 Å². The van der Waals surface area contributed by atoms with Crippen molar-refractivity contribution >= 4 is 44.2 Å². The first-order valence-electron chi connectivity index (χ1n) is 9.45. The van der Waals surface area contributed by atoms with Crippen LogP contribution < -0.4 is 10.1 Å². The molecule has 0 radical (unpaired) electrons. The third-order valence-electron chi connectivity index (χ3n) is 4.71. The molecular formula is C20H18N6O6S2. The van der Waals surface area contributed by atoms with Gasteiger partial charge in [-0.05, 0) is 37.6 Å².